The van der Waals surface area contributed by atoms with Gasteiger partial charge >= 0.3 is 0 Å². The minimum absolute atomic E-state index is 0.281. The van der Waals surface area contributed by atoms with Crippen LogP contribution in [0.15, 0.2) is 24.5 Å². The lowest BCUT2D eigenvalue weighted by Crippen LogP contribution is -1.97. The highest BCUT2D eigenvalue weighted by Crippen LogP contribution is 2.28. The van der Waals surface area contributed by atoms with Crippen molar-refractivity contribution in [1.29, 1.82) is 0 Å². The lowest BCUT2D eigenvalue weighted by Gasteiger charge is -2.10. The number of methoxy groups -OCH3 is 2. The van der Waals surface area contributed by atoms with Crippen molar-refractivity contribution in [2.75, 3.05) is 14.2 Å². The molecule has 5 nitrogen and oxygen atoms in total. The van der Waals surface area contributed by atoms with Crippen LogP contribution in [-0.2, 0) is 0 Å². The molecule has 0 unspecified atom stereocenters. The molecule has 1 aromatic carbocycles. The molecule has 1 heterocycles. The fourth-order valence-electron chi connectivity index (χ4n) is 1.37. The third kappa shape index (κ3) is 1.81. The number of hydrogen-bond acceptors (Lipinski definition) is 4. The van der Waals surface area contributed by atoms with Crippen LogP contribution >= 0.6 is 11.6 Å². The second-order valence-corrected chi connectivity index (χ2v) is 3.35. The van der Waals surface area contributed by atoms with Crippen LogP contribution in [0.3, 0.4) is 0 Å². The lowest BCUT2D eigenvalue weighted by molar-refractivity contribution is 0.393. The van der Waals surface area contributed by atoms with Crippen LogP contribution in [-0.4, -0.2) is 29.0 Å². The van der Waals surface area contributed by atoms with Gasteiger partial charge in [-0.05, 0) is 23.7 Å². The van der Waals surface area contributed by atoms with Gasteiger partial charge in [0, 0.05) is 6.07 Å². The minimum Gasteiger partial charge on any atom is -0.497 e. The van der Waals surface area contributed by atoms with E-state index in [1.54, 1.807) is 24.9 Å². The molecule has 1 aromatic heterocycles. The van der Waals surface area contributed by atoms with E-state index in [0.29, 0.717) is 11.5 Å². The van der Waals surface area contributed by atoms with Gasteiger partial charge in [-0.1, -0.05) is 0 Å². The van der Waals surface area contributed by atoms with Crippen molar-refractivity contribution < 1.29 is 9.47 Å². The molecule has 6 heteroatoms. The van der Waals surface area contributed by atoms with E-state index in [9.17, 15) is 0 Å². The van der Waals surface area contributed by atoms with Gasteiger partial charge in [0.05, 0.1) is 19.9 Å². The van der Waals surface area contributed by atoms with Crippen molar-refractivity contribution in [2.45, 2.75) is 0 Å². The van der Waals surface area contributed by atoms with Gasteiger partial charge in [0.25, 0.3) is 0 Å². The highest BCUT2D eigenvalue weighted by molar-refractivity contribution is 6.28. The van der Waals surface area contributed by atoms with Gasteiger partial charge in [0.15, 0.2) is 0 Å². The first kappa shape index (κ1) is 10.8. The SMILES string of the molecule is COc1ccc(-n2cnnc2Cl)c(OC)c1. The van der Waals surface area contributed by atoms with Gasteiger partial charge in [-0.25, -0.2) is 0 Å². The van der Waals surface area contributed by atoms with Crippen LogP contribution in [0, 0.1) is 0 Å². The summed E-state index contributed by atoms with van der Waals surface area (Å²) in [6.45, 7) is 0. The third-order valence-electron chi connectivity index (χ3n) is 2.15. The zero-order valence-corrected chi connectivity index (χ0v) is 9.60. The van der Waals surface area contributed by atoms with Crippen molar-refractivity contribution in [3.8, 4) is 17.2 Å². The summed E-state index contributed by atoms with van der Waals surface area (Å²) in [4.78, 5) is 0. The molecule has 0 radical (unpaired) electrons. The molecule has 0 atom stereocenters. The number of nitrogens with zero attached hydrogens (tertiary/aromatic N) is 3. The van der Waals surface area contributed by atoms with Crippen molar-refractivity contribution in [3.05, 3.63) is 29.8 Å². The van der Waals surface area contributed by atoms with E-state index >= 15 is 0 Å². The third-order valence-corrected chi connectivity index (χ3v) is 2.41. The number of ether oxygens (including phenoxy) is 2. The molecule has 0 amide bonds. The van der Waals surface area contributed by atoms with Gasteiger partial charge in [0.1, 0.15) is 17.8 Å². The number of rotatable bonds is 3. The molecule has 2 rings (SSSR count). The van der Waals surface area contributed by atoms with Crippen LogP contribution in [0.1, 0.15) is 0 Å². The monoisotopic (exact) mass is 239 g/mol. The number of benzene rings is 1. The maximum atomic E-state index is 5.88. The Morgan fingerprint density at radius 2 is 2.06 bits per heavy atom. The van der Waals surface area contributed by atoms with Crippen LogP contribution in [0.4, 0.5) is 0 Å². The van der Waals surface area contributed by atoms with Crippen LogP contribution in [0.2, 0.25) is 5.28 Å². The fraction of sp³-hybridized carbons (Fsp3) is 0.200. The molecule has 0 N–H and O–H groups in total. The number of hydrogen-bond donors (Lipinski definition) is 0. The second-order valence-electron chi connectivity index (χ2n) is 3.01. The first-order valence-electron chi connectivity index (χ1n) is 4.54. The minimum atomic E-state index is 0.281. The van der Waals surface area contributed by atoms with E-state index in [4.69, 9.17) is 21.1 Å². The Morgan fingerprint density at radius 3 is 2.62 bits per heavy atom. The predicted octanol–water partition coefficient (Wildman–Crippen LogP) is 1.94. The molecular weight excluding hydrogens is 230 g/mol. The highest BCUT2D eigenvalue weighted by atomic mass is 35.5. The summed E-state index contributed by atoms with van der Waals surface area (Å²) in [5.74, 6) is 1.35. The van der Waals surface area contributed by atoms with Gasteiger partial charge in [0.2, 0.25) is 5.28 Å². The highest BCUT2D eigenvalue weighted by Gasteiger charge is 2.10. The van der Waals surface area contributed by atoms with Crippen LogP contribution in [0.5, 0.6) is 11.5 Å². The lowest BCUT2D eigenvalue weighted by atomic mass is 10.2. The Labute approximate surface area is 97.6 Å². The van der Waals surface area contributed by atoms with E-state index in [0.717, 1.165) is 5.69 Å². The van der Waals surface area contributed by atoms with Crippen LogP contribution < -0.4 is 9.47 Å². The topological polar surface area (TPSA) is 49.2 Å². The van der Waals surface area contributed by atoms with E-state index in [-0.39, 0.29) is 5.28 Å². The molecular formula is C10H10ClN3O2. The maximum absolute atomic E-state index is 5.88. The normalized spacial score (nSPS) is 10.2. The predicted molar refractivity (Wildman–Crippen MR) is 59.5 cm³/mol. The molecule has 16 heavy (non-hydrogen) atoms. The Bertz CT molecular complexity index is 499. The van der Waals surface area contributed by atoms with Crippen molar-refractivity contribution in [3.63, 3.8) is 0 Å². The summed E-state index contributed by atoms with van der Waals surface area (Å²) in [6.07, 6.45) is 1.52. The summed E-state index contributed by atoms with van der Waals surface area (Å²) in [5.41, 5.74) is 0.762. The van der Waals surface area contributed by atoms with Gasteiger partial charge in [-0.3, -0.25) is 4.57 Å². The molecule has 0 aliphatic carbocycles. The average molecular weight is 240 g/mol. The first-order chi connectivity index (χ1) is 7.76. The van der Waals surface area contributed by atoms with Crippen molar-refractivity contribution >= 4 is 11.6 Å². The Hall–Kier alpha value is -1.75. The summed E-state index contributed by atoms with van der Waals surface area (Å²) in [6, 6.07) is 5.41. The average Bonchev–Trinajstić information content (AvgIpc) is 2.74. The van der Waals surface area contributed by atoms with Crippen molar-refractivity contribution in [1.82, 2.24) is 14.8 Å². The van der Waals surface area contributed by atoms with E-state index < -0.39 is 0 Å². The summed E-state index contributed by atoms with van der Waals surface area (Å²) in [5, 5.41) is 7.69. The summed E-state index contributed by atoms with van der Waals surface area (Å²) in [7, 11) is 3.18. The molecule has 84 valence electrons. The van der Waals surface area contributed by atoms with E-state index in [1.807, 2.05) is 12.1 Å². The molecule has 0 saturated carbocycles. The second kappa shape index (κ2) is 4.40. The molecule has 0 bridgehead atoms. The number of halogens is 1. The maximum Gasteiger partial charge on any atom is 0.229 e. The fourth-order valence-corrected chi connectivity index (χ4v) is 1.54. The summed E-state index contributed by atoms with van der Waals surface area (Å²) < 4.78 is 12.0. The quantitative estimate of drug-likeness (QED) is 0.821. The van der Waals surface area contributed by atoms with Gasteiger partial charge in [-0.2, -0.15) is 0 Å². The Balaban J connectivity index is 2.53. The smallest absolute Gasteiger partial charge is 0.229 e. The van der Waals surface area contributed by atoms with Gasteiger partial charge in [-0.15, -0.1) is 10.2 Å². The zero-order valence-electron chi connectivity index (χ0n) is 8.85. The number of aromatic nitrogens is 3. The Morgan fingerprint density at radius 1 is 1.25 bits per heavy atom. The van der Waals surface area contributed by atoms with Crippen molar-refractivity contribution in [2.24, 2.45) is 0 Å². The molecule has 2 aromatic rings. The largest absolute Gasteiger partial charge is 0.497 e. The van der Waals surface area contributed by atoms with E-state index in [2.05, 4.69) is 10.2 Å². The summed E-state index contributed by atoms with van der Waals surface area (Å²) >= 11 is 5.88. The zero-order chi connectivity index (χ0) is 11.5. The first-order valence-corrected chi connectivity index (χ1v) is 4.92. The molecule has 0 aliphatic rings. The van der Waals surface area contributed by atoms with Crippen LogP contribution in [0.25, 0.3) is 5.69 Å². The molecule has 0 spiro atoms. The van der Waals surface area contributed by atoms with E-state index in [1.165, 1.54) is 6.33 Å². The standard InChI is InChI=1S/C10H10ClN3O2/c1-15-7-3-4-8(9(5-7)16-2)14-6-12-13-10(14)11/h3-6H,1-2H3. The Kier molecular flexibility index (Phi) is 2.96. The molecule has 0 aliphatic heterocycles. The molecule has 0 fully saturated rings. The van der Waals surface area contributed by atoms with Gasteiger partial charge < -0.3 is 9.47 Å². The molecule has 0 saturated heterocycles.